The van der Waals surface area contributed by atoms with Crippen LogP contribution in [-0.2, 0) is 0 Å². The van der Waals surface area contributed by atoms with Gasteiger partial charge in [0.15, 0.2) is 0 Å². The van der Waals surface area contributed by atoms with Crippen molar-refractivity contribution in [3.63, 3.8) is 0 Å². The molecule has 8 nitrogen and oxygen atoms in total. The Bertz CT molecular complexity index is 71.4. The van der Waals surface area contributed by atoms with Crippen molar-refractivity contribution >= 4 is 9.05 Å². The maximum Gasteiger partial charge on any atom is 0.668 e. The molecule has 0 aromatic heterocycles. The summed E-state index contributed by atoms with van der Waals surface area (Å²) in [6, 6.07) is 0. The van der Waals surface area contributed by atoms with Gasteiger partial charge in [0.1, 0.15) is 0 Å². The highest BCUT2D eigenvalue weighted by Crippen LogP contribution is 1.67. The van der Waals surface area contributed by atoms with Gasteiger partial charge in [-0.15, -0.1) is 10.1 Å². The van der Waals surface area contributed by atoms with Crippen LogP contribution in [0.4, 0.5) is 0 Å². The molecule has 0 bridgehead atoms. The van der Waals surface area contributed by atoms with E-state index in [1.807, 2.05) is 0 Å². The fraction of sp³-hybridized carbons (Fsp3) is 0. The Morgan fingerprint density at radius 3 is 1.22 bits per heavy atom. The van der Waals surface area contributed by atoms with Gasteiger partial charge in [-0.3, -0.25) is 0 Å². The molecule has 0 unspecified atom stereocenters. The Labute approximate surface area is 49.8 Å². The monoisotopic (exact) mass is 159 g/mol. The second-order valence-corrected chi connectivity index (χ2v) is 2.04. The first-order chi connectivity index (χ1) is 3.73. The second kappa shape index (κ2) is 4.17. The standard InChI is InChI=1S/HNO3.H4O4Si/c2-1(3)4;1-5(2,3)4/h(H,2,3,4);1-4H. The second-order valence-electron chi connectivity index (χ2n) is 0.838. The molecule has 0 amide bonds. The van der Waals surface area contributed by atoms with Crippen LogP contribution in [0, 0.1) is 10.1 Å². The minimum Gasteiger partial charge on any atom is -0.368 e. The fourth-order valence-corrected chi connectivity index (χ4v) is 0. The Morgan fingerprint density at radius 2 is 1.22 bits per heavy atom. The van der Waals surface area contributed by atoms with Crippen molar-refractivity contribution in [1.82, 2.24) is 0 Å². The summed E-state index contributed by atoms with van der Waals surface area (Å²) < 4.78 is 0. The van der Waals surface area contributed by atoms with Crippen molar-refractivity contribution in [2.45, 2.75) is 0 Å². The molecule has 9 heavy (non-hydrogen) atoms. The van der Waals surface area contributed by atoms with Crippen LogP contribution in [0.3, 0.4) is 0 Å². The summed E-state index contributed by atoms with van der Waals surface area (Å²) in [5.41, 5.74) is 0. The SMILES string of the molecule is O=[N+]([O-])O.O[Si](O)(O)O. The van der Waals surface area contributed by atoms with Gasteiger partial charge < -0.3 is 24.4 Å². The normalized spacial score (nSPS) is 9.33. The van der Waals surface area contributed by atoms with Gasteiger partial charge in [-0.25, -0.2) is 0 Å². The van der Waals surface area contributed by atoms with E-state index in [4.69, 9.17) is 34.5 Å². The highest BCUT2D eigenvalue weighted by Gasteiger charge is 2.22. The molecule has 56 valence electrons. The molecule has 0 aliphatic carbocycles. The topological polar surface area (TPSA) is 144 Å². The van der Waals surface area contributed by atoms with Gasteiger partial charge in [0.2, 0.25) is 0 Å². The van der Waals surface area contributed by atoms with E-state index in [2.05, 4.69) is 0 Å². The van der Waals surface area contributed by atoms with E-state index >= 15 is 0 Å². The molecule has 0 aliphatic heterocycles. The molecular weight excluding hydrogens is 154 g/mol. The zero-order chi connectivity index (χ0) is 8.08. The quantitative estimate of drug-likeness (QED) is 0.144. The average Bonchev–Trinajstić information content (AvgIpc) is 1.19. The lowest BCUT2D eigenvalue weighted by Crippen LogP contribution is -2.33. The molecule has 0 fully saturated rings. The summed E-state index contributed by atoms with van der Waals surface area (Å²) >= 11 is 0. The van der Waals surface area contributed by atoms with E-state index in [0.717, 1.165) is 0 Å². The van der Waals surface area contributed by atoms with Gasteiger partial charge >= 0.3 is 9.05 Å². The Kier molecular flexibility index (Phi) is 5.14. The number of hydrogen-bond acceptors (Lipinski definition) is 6. The molecule has 0 rings (SSSR count). The van der Waals surface area contributed by atoms with Crippen LogP contribution in [0.1, 0.15) is 0 Å². The van der Waals surface area contributed by atoms with Gasteiger partial charge in [-0.1, -0.05) is 0 Å². The molecule has 0 atom stereocenters. The molecule has 0 saturated heterocycles. The lowest BCUT2D eigenvalue weighted by atomic mass is 13.1. The first-order valence-corrected chi connectivity index (χ1v) is 3.25. The summed E-state index contributed by atoms with van der Waals surface area (Å²) in [5, 5.41) is 13.6. The predicted molar refractivity (Wildman–Crippen MR) is 23.4 cm³/mol. The van der Waals surface area contributed by atoms with E-state index in [9.17, 15) is 0 Å². The average molecular weight is 159 g/mol. The zero-order valence-corrected chi connectivity index (χ0v) is 5.00. The molecule has 0 aliphatic rings. The van der Waals surface area contributed by atoms with Crippen molar-refractivity contribution in [2.24, 2.45) is 0 Å². The Morgan fingerprint density at radius 1 is 1.22 bits per heavy atom. The van der Waals surface area contributed by atoms with Crippen LogP contribution in [0.25, 0.3) is 0 Å². The predicted octanol–water partition coefficient (Wildman–Crippen LogP) is -2.96. The fourth-order valence-electron chi connectivity index (χ4n) is 0. The molecule has 0 heterocycles. The zero-order valence-electron chi connectivity index (χ0n) is 4.00. The van der Waals surface area contributed by atoms with Crippen LogP contribution in [0.2, 0.25) is 0 Å². The van der Waals surface area contributed by atoms with Crippen LogP contribution >= 0.6 is 0 Å². The largest absolute Gasteiger partial charge is 0.668 e. The van der Waals surface area contributed by atoms with Gasteiger partial charge in [-0.2, -0.15) is 0 Å². The third kappa shape index (κ3) is 363. The van der Waals surface area contributed by atoms with E-state index in [0.29, 0.717) is 0 Å². The molecule has 5 N–H and O–H groups in total. The molecule has 0 aromatic rings. The van der Waals surface area contributed by atoms with Gasteiger partial charge in [0.25, 0.3) is 5.09 Å². The minimum absolute atomic E-state index is 1.50. The third-order valence-corrected chi connectivity index (χ3v) is 0. The van der Waals surface area contributed by atoms with Crippen LogP contribution < -0.4 is 0 Å². The van der Waals surface area contributed by atoms with Gasteiger partial charge in [-0.05, 0) is 0 Å². The van der Waals surface area contributed by atoms with Gasteiger partial charge in [0.05, 0.1) is 0 Å². The molecule has 0 aromatic carbocycles. The molecular formula is H5NO7Si. The smallest absolute Gasteiger partial charge is 0.368 e. The summed E-state index contributed by atoms with van der Waals surface area (Å²) in [7, 11) is -4.61. The number of hydrogen-bond donors (Lipinski definition) is 5. The van der Waals surface area contributed by atoms with Crippen molar-refractivity contribution in [2.75, 3.05) is 0 Å². The van der Waals surface area contributed by atoms with Crippen molar-refractivity contribution in [3.05, 3.63) is 10.1 Å². The highest BCUT2D eigenvalue weighted by molar-refractivity contribution is 6.46. The third-order valence-electron chi connectivity index (χ3n) is 0. The number of nitrogens with zero attached hydrogens (tertiary/aromatic N) is 1. The van der Waals surface area contributed by atoms with Crippen LogP contribution in [-0.4, -0.2) is 38.5 Å². The van der Waals surface area contributed by atoms with Crippen molar-refractivity contribution < 1.29 is 29.5 Å². The molecule has 9 heteroatoms. The molecule has 0 spiro atoms. The maximum atomic E-state index is 8.36. The molecule has 0 saturated carbocycles. The lowest BCUT2D eigenvalue weighted by molar-refractivity contribution is -0.742. The Hall–Kier alpha value is -0.743. The van der Waals surface area contributed by atoms with E-state index in [1.54, 1.807) is 0 Å². The minimum atomic E-state index is -4.61. The lowest BCUT2D eigenvalue weighted by Gasteiger charge is -1.91. The maximum absolute atomic E-state index is 8.36. The van der Waals surface area contributed by atoms with Gasteiger partial charge in [0, 0.05) is 0 Å². The summed E-state index contributed by atoms with van der Waals surface area (Å²) in [5.74, 6) is 0. The first-order valence-electron chi connectivity index (χ1n) is 1.46. The van der Waals surface area contributed by atoms with E-state index in [1.165, 1.54) is 0 Å². The summed E-state index contributed by atoms with van der Waals surface area (Å²) in [6.07, 6.45) is 0. The summed E-state index contributed by atoms with van der Waals surface area (Å²) in [4.78, 5) is 37.7. The number of rotatable bonds is 0. The van der Waals surface area contributed by atoms with E-state index < -0.39 is 14.1 Å². The van der Waals surface area contributed by atoms with Crippen molar-refractivity contribution in [1.29, 1.82) is 0 Å². The Balaban J connectivity index is 0. The first kappa shape index (κ1) is 11.1. The van der Waals surface area contributed by atoms with E-state index in [-0.39, 0.29) is 0 Å². The van der Waals surface area contributed by atoms with Crippen LogP contribution in [0.5, 0.6) is 0 Å². The van der Waals surface area contributed by atoms with Crippen LogP contribution in [0.15, 0.2) is 0 Å². The summed E-state index contributed by atoms with van der Waals surface area (Å²) in [6.45, 7) is 0. The highest BCUT2D eigenvalue weighted by atomic mass is 28.4. The van der Waals surface area contributed by atoms with Crippen molar-refractivity contribution in [3.8, 4) is 0 Å². The molecule has 0 radical (unpaired) electrons.